The summed E-state index contributed by atoms with van der Waals surface area (Å²) < 4.78 is 0. The van der Waals surface area contributed by atoms with Crippen LogP contribution in [0.15, 0.2) is 328 Å². The summed E-state index contributed by atoms with van der Waals surface area (Å²) in [5, 5.41) is 7.85. The molecule has 2 aliphatic carbocycles. The Balaban J connectivity index is 0.943. The molecule has 0 atom stereocenters. The van der Waals surface area contributed by atoms with Gasteiger partial charge in [-0.25, -0.2) is 0 Å². The second-order valence-electron chi connectivity index (χ2n) is 34.0. The molecule has 524 valence electrons. The van der Waals surface area contributed by atoms with Crippen LogP contribution in [0.1, 0.15) is 84.8 Å². The maximum Gasteiger partial charge on any atom is 0.252 e. The van der Waals surface area contributed by atoms with Gasteiger partial charge in [0.15, 0.2) is 0 Å². The molecular formula is C105H86BN3. The van der Waals surface area contributed by atoms with Crippen molar-refractivity contribution in [3.63, 3.8) is 0 Å². The Morgan fingerprint density at radius 2 is 0.670 bits per heavy atom. The van der Waals surface area contributed by atoms with E-state index < -0.39 is 0 Å². The number of anilines is 7. The average Bonchev–Trinajstić information content (AvgIpc) is 0.694. The molecule has 0 N–H and O–H groups in total. The summed E-state index contributed by atoms with van der Waals surface area (Å²) in [6.45, 7) is 14.0. The first kappa shape index (κ1) is 65.3. The van der Waals surface area contributed by atoms with Crippen molar-refractivity contribution >= 4 is 95.2 Å². The Hall–Kier alpha value is -12.0. The number of nitrogens with zero attached hydrogens (tertiary/aromatic N) is 3. The zero-order chi connectivity index (χ0) is 73.0. The van der Waals surface area contributed by atoms with E-state index in [1.165, 1.54) is 198 Å². The van der Waals surface area contributed by atoms with E-state index in [1.807, 2.05) is 0 Å². The molecule has 2 saturated heterocycles. The van der Waals surface area contributed by atoms with Crippen LogP contribution in [0.5, 0.6) is 0 Å². The molecule has 0 radical (unpaired) electrons. The third kappa shape index (κ3) is 10.9. The molecule has 0 spiro atoms. The highest BCUT2D eigenvalue weighted by molar-refractivity contribution is 7.00. The van der Waals surface area contributed by atoms with Crippen LogP contribution < -0.4 is 31.1 Å². The minimum atomic E-state index is -0.240. The van der Waals surface area contributed by atoms with Crippen molar-refractivity contribution in [3.8, 4) is 89.0 Å². The zero-order valence-corrected chi connectivity index (χ0v) is 62.9. The number of hydrogen-bond donors (Lipinski definition) is 0. The summed E-state index contributed by atoms with van der Waals surface area (Å²) in [4.78, 5) is 8.56. The molecule has 16 aromatic carbocycles. The fourth-order valence-electron chi connectivity index (χ4n) is 20.3. The average molecular weight is 1400 g/mol. The summed E-state index contributed by atoms with van der Waals surface area (Å²) in [6, 6.07) is 127. The molecule has 4 heterocycles. The normalized spacial score (nSPS) is 17.0. The van der Waals surface area contributed by atoms with Crippen LogP contribution in [0, 0.1) is 11.8 Å². The van der Waals surface area contributed by atoms with Crippen LogP contribution in [-0.4, -0.2) is 18.8 Å². The molecular weight excluding hydrogens is 1310 g/mol. The Labute approximate surface area is 641 Å². The fourth-order valence-corrected chi connectivity index (χ4v) is 20.3. The van der Waals surface area contributed by atoms with Crippen LogP contribution >= 0.6 is 0 Å². The minimum absolute atomic E-state index is 0.0653. The van der Waals surface area contributed by atoms with Crippen LogP contribution in [0.2, 0.25) is 0 Å². The zero-order valence-electron chi connectivity index (χ0n) is 62.9. The molecule has 3 nitrogen and oxygen atoms in total. The van der Waals surface area contributed by atoms with Gasteiger partial charge in [-0.05, 0) is 242 Å². The fraction of sp³-hybridized carbons (Fsp3) is 0.162. The van der Waals surface area contributed by atoms with Crippen molar-refractivity contribution in [1.82, 2.24) is 0 Å². The number of rotatable bonds is 11. The van der Waals surface area contributed by atoms with Crippen molar-refractivity contribution in [2.45, 2.75) is 96.6 Å². The van der Waals surface area contributed by atoms with E-state index in [0.717, 1.165) is 34.3 Å². The molecule has 109 heavy (non-hydrogen) atoms. The number of hydrogen-bond acceptors (Lipinski definition) is 3. The lowest BCUT2D eigenvalue weighted by molar-refractivity contribution is 0.0900. The lowest BCUT2D eigenvalue weighted by Crippen LogP contribution is -2.62. The molecule has 4 fully saturated rings. The number of piperidine rings is 2. The highest BCUT2D eigenvalue weighted by atomic mass is 15.2. The molecule has 6 aliphatic rings. The molecule has 0 amide bonds. The summed E-state index contributed by atoms with van der Waals surface area (Å²) in [6.07, 6.45) is 6.30. The molecule has 0 unspecified atom stereocenters. The van der Waals surface area contributed by atoms with Gasteiger partial charge in [0, 0.05) is 62.8 Å². The second kappa shape index (κ2) is 25.3. The molecule has 4 aliphatic heterocycles. The van der Waals surface area contributed by atoms with E-state index in [9.17, 15) is 0 Å². The van der Waals surface area contributed by atoms with Crippen molar-refractivity contribution < 1.29 is 0 Å². The highest BCUT2D eigenvalue weighted by Gasteiger charge is 2.50. The summed E-state index contributed by atoms with van der Waals surface area (Å²) >= 11 is 0. The van der Waals surface area contributed by atoms with E-state index in [0.29, 0.717) is 12.1 Å². The Morgan fingerprint density at radius 1 is 0.275 bits per heavy atom. The van der Waals surface area contributed by atoms with Gasteiger partial charge in [0.25, 0.3) is 6.71 Å². The first-order valence-electron chi connectivity index (χ1n) is 39.6. The molecule has 0 aromatic heterocycles. The predicted molar refractivity (Wildman–Crippen MR) is 465 cm³/mol. The Kier molecular flexibility index (Phi) is 15.2. The molecule has 22 rings (SSSR count). The smallest absolute Gasteiger partial charge is 0.252 e. The van der Waals surface area contributed by atoms with Gasteiger partial charge < -0.3 is 14.7 Å². The van der Waals surface area contributed by atoms with Gasteiger partial charge in [0.05, 0.1) is 11.4 Å². The van der Waals surface area contributed by atoms with Gasteiger partial charge in [-0.3, -0.25) is 0 Å². The van der Waals surface area contributed by atoms with Gasteiger partial charge in [-0.15, -0.1) is 0 Å². The Bertz CT molecular complexity index is 6090. The maximum atomic E-state index is 2.97. The van der Waals surface area contributed by atoms with Gasteiger partial charge >= 0.3 is 0 Å². The van der Waals surface area contributed by atoms with Crippen LogP contribution in [-0.2, 0) is 10.8 Å². The minimum Gasteiger partial charge on any atom is -0.365 e. The first-order valence-corrected chi connectivity index (χ1v) is 39.6. The van der Waals surface area contributed by atoms with Crippen molar-refractivity contribution in [1.29, 1.82) is 0 Å². The van der Waals surface area contributed by atoms with Crippen molar-refractivity contribution in [3.05, 3.63) is 339 Å². The van der Waals surface area contributed by atoms with Gasteiger partial charge in [-0.1, -0.05) is 308 Å². The van der Waals surface area contributed by atoms with E-state index in [-0.39, 0.29) is 17.5 Å². The lowest BCUT2D eigenvalue weighted by atomic mass is 9.33. The van der Waals surface area contributed by atoms with Crippen LogP contribution in [0.25, 0.3) is 121 Å². The van der Waals surface area contributed by atoms with Crippen LogP contribution in [0.4, 0.5) is 39.8 Å². The molecule has 4 bridgehead atoms. The molecule has 4 heteroatoms. The van der Waals surface area contributed by atoms with Gasteiger partial charge in [0.2, 0.25) is 0 Å². The summed E-state index contributed by atoms with van der Waals surface area (Å²) in [5.74, 6) is 1.53. The topological polar surface area (TPSA) is 9.72 Å². The number of benzene rings is 16. The first-order chi connectivity index (χ1) is 53.3. The van der Waals surface area contributed by atoms with Gasteiger partial charge in [-0.2, -0.15) is 0 Å². The molecule has 16 aromatic rings. The van der Waals surface area contributed by atoms with Crippen LogP contribution in [0.3, 0.4) is 0 Å². The highest BCUT2D eigenvalue weighted by Crippen LogP contribution is 2.58. The SMILES string of the molecule is CC(C)(C)c1cc2ccc3cc(C(C)(C)C)cc4c(-c5ccc6c(c5)B5c7ccc(-c8ccccc8)cc7N(c7c(-c8ccccc8)cc(-c8ccccc8)cc7-c7ccccc7)c7cc(N8C9CC%10CC(C9)CC8C%10)cc(c75)N6c5c(-c6ccccc6)cc(-c6ccccc6)cc5-c5ccccc5)cc(c1)c2c34. The quantitative estimate of drug-likeness (QED) is 0.0944. The number of fused-ring (bicyclic) bond motifs is 4. The summed E-state index contributed by atoms with van der Waals surface area (Å²) in [5.41, 5.74) is 33.7. The summed E-state index contributed by atoms with van der Waals surface area (Å²) in [7, 11) is 0. The monoisotopic (exact) mass is 1400 g/mol. The predicted octanol–water partition coefficient (Wildman–Crippen LogP) is 26.4. The van der Waals surface area contributed by atoms with E-state index in [1.54, 1.807) is 0 Å². The third-order valence-corrected chi connectivity index (χ3v) is 25.2. The lowest BCUT2D eigenvalue weighted by Gasteiger charge is -2.58. The van der Waals surface area contributed by atoms with E-state index in [4.69, 9.17) is 0 Å². The third-order valence-electron chi connectivity index (χ3n) is 25.2. The molecule has 2 saturated carbocycles. The van der Waals surface area contributed by atoms with Crippen molar-refractivity contribution in [2.24, 2.45) is 11.8 Å². The Morgan fingerprint density at radius 3 is 1.12 bits per heavy atom. The largest absolute Gasteiger partial charge is 0.365 e. The standard InChI is InChI=1S/C105H86BN3/c1-104(2,3)82-53-77-42-43-78-54-83(105(4,5)6)63-92-87(60-81(55-82)99(77)100(78)92)76-45-47-95-94(61-76)106-93-46-44-75(68-28-14-7-15-29-68)62-96(93)109(103-90(73-38-24-12-25-39-73)58-80(70-32-18-9-19-33-70)59-91(103)74-40-26-13-27-41-74)98-65-86(107-84-49-66-48-67(51-84)52-85(107)50-66)64-97(101(98)106)108(95)102-88(71-34-20-10-21-35-71)56-79(69-30-16-8-17-31-69)57-89(102)72-36-22-11-23-37-72/h7-47,53-67,84-85H,48-52H2,1-6H3. The maximum absolute atomic E-state index is 2.97. The van der Waals surface area contributed by atoms with Gasteiger partial charge in [0.1, 0.15) is 0 Å². The van der Waals surface area contributed by atoms with E-state index >= 15 is 0 Å². The van der Waals surface area contributed by atoms with E-state index in [2.05, 4.69) is 384 Å². The second-order valence-corrected chi connectivity index (χ2v) is 34.0. The van der Waals surface area contributed by atoms with Crippen molar-refractivity contribution in [2.75, 3.05) is 14.7 Å².